The van der Waals surface area contributed by atoms with E-state index in [-0.39, 0.29) is 23.7 Å². The second kappa shape index (κ2) is 6.40. The second-order valence-corrected chi connectivity index (χ2v) is 5.89. The number of aromatic hydroxyl groups is 1. The van der Waals surface area contributed by atoms with Crippen molar-refractivity contribution in [1.29, 1.82) is 0 Å². The zero-order valence-electron chi connectivity index (χ0n) is 10.4. The molecule has 0 unspecified atom stereocenters. The van der Waals surface area contributed by atoms with Gasteiger partial charge in [-0.25, -0.2) is 4.39 Å². The smallest absolute Gasteiger partial charge is 0.271 e. The Morgan fingerprint density at radius 2 is 1.86 bits per heavy atom. The minimum absolute atomic E-state index is 0.0459. The number of rotatable bonds is 4. The van der Waals surface area contributed by atoms with Crippen LogP contribution < -0.4 is 5.32 Å². The Kier molecular flexibility index (Phi) is 4.79. The van der Waals surface area contributed by atoms with E-state index >= 15 is 0 Å². The van der Waals surface area contributed by atoms with Gasteiger partial charge in [-0.2, -0.15) is 0 Å². The molecule has 8 heteroatoms. The lowest BCUT2D eigenvalue weighted by atomic mass is 10.2. The summed E-state index contributed by atoms with van der Waals surface area (Å²) in [7, 11) is 0. The third kappa shape index (κ3) is 3.70. The number of hydrogen-bond donors (Lipinski definition) is 2. The van der Waals surface area contributed by atoms with Crippen LogP contribution >= 0.6 is 31.9 Å². The molecule has 0 aliphatic heterocycles. The van der Waals surface area contributed by atoms with E-state index in [4.69, 9.17) is 0 Å². The lowest BCUT2D eigenvalue weighted by molar-refractivity contribution is -0.384. The highest BCUT2D eigenvalue weighted by Gasteiger charge is 2.11. The lowest BCUT2D eigenvalue weighted by Gasteiger charge is -2.09. The van der Waals surface area contributed by atoms with Gasteiger partial charge >= 0.3 is 0 Å². The van der Waals surface area contributed by atoms with Crippen molar-refractivity contribution < 1.29 is 14.4 Å². The summed E-state index contributed by atoms with van der Waals surface area (Å²) >= 11 is 6.39. The normalized spacial score (nSPS) is 10.4. The number of benzene rings is 2. The van der Waals surface area contributed by atoms with Crippen LogP contribution in [0.2, 0.25) is 0 Å². The van der Waals surface area contributed by atoms with Gasteiger partial charge in [0.1, 0.15) is 11.6 Å². The van der Waals surface area contributed by atoms with Gasteiger partial charge in [0, 0.05) is 18.7 Å². The van der Waals surface area contributed by atoms with Crippen LogP contribution in [0.15, 0.2) is 39.3 Å². The Hall–Kier alpha value is -1.67. The molecule has 21 heavy (non-hydrogen) atoms. The number of non-ortho nitro benzene ring substituents is 1. The topological polar surface area (TPSA) is 75.4 Å². The molecular formula is C13H9Br2FN2O3. The highest BCUT2D eigenvalue weighted by atomic mass is 79.9. The summed E-state index contributed by atoms with van der Waals surface area (Å²) in [5, 5.41) is 23.1. The fraction of sp³-hybridized carbons (Fsp3) is 0.0769. The van der Waals surface area contributed by atoms with E-state index in [1.54, 1.807) is 12.1 Å². The second-order valence-electron chi connectivity index (χ2n) is 4.18. The summed E-state index contributed by atoms with van der Waals surface area (Å²) in [4.78, 5) is 10.1. The monoisotopic (exact) mass is 418 g/mol. The molecule has 0 spiro atoms. The summed E-state index contributed by atoms with van der Waals surface area (Å²) < 4.78 is 14.6. The minimum atomic E-state index is -0.585. The van der Waals surface area contributed by atoms with Crippen molar-refractivity contribution in [2.75, 3.05) is 5.32 Å². The number of phenolic OH excluding ortho intramolecular Hbond substituents is 1. The standard InChI is InChI=1S/C13H9Br2FN2O3/c14-9-3-7(4-10(15)13(9)19)6-17-12-5-8(18(20)21)1-2-11(12)16/h1-5,17,19H,6H2. The first kappa shape index (κ1) is 15.7. The average molecular weight is 420 g/mol. The van der Waals surface area contributed by atoms with Crippen LogP contribution in [0.4, 0.5) is 15.8 Å². The van der Waals surface area contributed by atoms with Crippen molar-refractivity contribution in [3.05, 3.63) is 60.8 Å². The molecule has 2 N–H and O–H groups in total. The van der Waals surface area contributed by atoms with E-state index in [0.29, 0.717) is 8.95 Å². The summed E-state index contributed by atoms with van der Waals surface area (Å²) in [6.07, 6.45) is 0. The van der Waals surface area contributed by atoms with Crippen LogP contribution in [-0.4, -0.2) is 10.0 Å². The van der Waals surface area contributed by atoms with Gasteiger partial charge in [0.15, 0.2) is 0 Å². The molecule has 110 valence electrons. The maximum atomic E-state index is 13.6. The van der Waals surface area contributed by atoms with Crippen molar-refractivity contribution in [1.82, 2.24) is 0 Å². The summed E-state index contributed by atoms with van der Waals surface area (Å²) in [6.45, 7) is 0.246. The Labute approximate surface area is 136 Å². The molecule has 0 aliphatic rings. The van der Waals surface area contributed by atoms with Crippen LogP contribution in [0.3, 0.4) is 0 Å². The molecule has 0 radical (unpaired) electrons. The number of hydrogen-bond acceptors (Lipinski definition) is 4. The SMILES string of the molecule is O=[N+]([O-])c1ccc(F)c(NCc2cc(Br)c(O)c(Br)c2)c1. The molecule has 5 nitrogen and oxygen atoms in total. The molecule has 2 aromatic carbocycles. The molecule has 0 amide bonds. The highest BCUT2D eigenvalue weighted by Crippen LogP contribution is 2.33. The quantitative estimate of drug-likeness (QED) is 0.561. The maximum absolute atomic E-state index is 13.6. The lowest BCUT2D eigenvalue weighted by Crippen LogP contribution is -2.02. The largest absolute Gasteiger partial charge is 0.506 e. The molecule has 0 saturated carbocycles. The first-order valence-corrected chi connectivity index (χ1v) is 7.32. The number of phenols is 1. The summed E-state index contributed by atoms with van der Waals surface area (Å²) in [5.74, 6) is -0.502. The van der Waals surface area contributed by atoms with E-state index in [9.17, 15) is 19.6 Å². The van der Waals surface area contributed by atoms with Gasteiger partial charge in [-0.15, -0.1) is 0 Å². The fourth-order valence-electron chi connectivity index (χ4n) is 1.68. The molecule has 0 atom stereocenters. The summed E-state index contributed by atoms with van der Waals surface area (Å²) in [5.41, 5.74) is 0.619. The zero-order valence-corrected chi connectivity index (χ0v) is 13.6. The van der Waals surface area contributed by atoms with Crippen LogP contribution in [0.1, 0.15) is 5.56 Å². The Morgan fingerprint density at radius 3 is 2.43 bits per heavy atom. The third-order valence-corrected chi connectivity index (χ3v) is 3.93. The van der Waals surface area contributed by atoms with Crippen molar-refractivity contribution >= 4 is 43.2 Å². The highest BCUT2D eigenvalue weighted by molar-refractivity contribution is 9.11. The predicted molar refractivity (Wildman–Crippen MR) is 83.9 cm³/mol. The van der Waals surface area contributed by atoms with Crippen molar-refractivity contribution in [3.63, 3.8) is 0 Å². The Bertz CT molecular complexity index is 687. The maximum Gasteiger partial charge on any atom is 0.271 e. The van der Waals surface area contributed by atoms with Gasteiger partial charge < -0.3 is 10.4 Å². The van der Waals surface area contributed by atoms with Crippen molar-refractivity contribution in [3.8, 4) is 5.75 Å². The van der Waals surface area contributed by atoms with Gasteiger partial charge in [-0.3, -0.25) is 10.1 Å². The predicted octanol–water partition coefficient (Wildman–Crippen LogP) is 4.58. The van der Waals surface area contributed by atoms with Gasteiger partial charge in [-0.05, 0) is 55.6 Å². The third-order valence-electron chi connectivity index (χ3n) is 2.72. The van der Waals surface area contributed by atoms with E-state index in [0.717, 1.165) is 23.8 Å². The molecule has 0 heterocycles. The molecule has 0 aliphatic carbocycles. The number of nitrogens with one attached hydrogen (secondary N) is 1. The molecule has 0 saturated heterocycles. The van der Waals surface area contributed by atoms with Gasteiger partial charge in [0.25, 0.3) is 5.69 Å². The van der Waals surface area contributed by atoms with Gasteiger partial charge in [0.2, 0.25) is 0 Å². The molecule has 0 aromatic heterocycles. The molecule has 2 aromatic rings. The van der Waals surface area contributed by atoms with Gasteiger partial charge in [-0.1, -0.05) is 0 Å². The first-order chi connectivity index (χ1) is 9.88. The van der Waals surface area contributed by atoms with Crippen molar-refractivity contribution in [2.24, 2.45) is 0 Å². The Morgan fingerprint density at radius 1 is 1.24 bits per heavy atom. The molecule has 2 rings (SSSR count). The number of nitro benzene ring substituents is 1. The average Bonchev–Trinajstić information content (AvgIpc) is 2.43. The van der Waals surface area contributed by atoms with E-state index in [2.05, 4.69) is 37.2 Å². The number of nitrogens with zero attached hydrogens (tertiary/aromatic N) is 1. The van der Waals surface area contributed by atoms with E-state index < -0.39 is 10.7 Å². The Balaban J connectivity index is 2.20. The van der Waals surface area contributed by atoms with Crippen molar-refractivity contribution in [2.45, 2.75) is 6.54 Å². The summed E-state index contributed by atoms with van der Waals surface area (Å²) in [6, 6.07) is 6.63. The zero-order chi connectivity index (χ0) is 15.6. The molecular weight excluding hydrogens is 411 g/mol. The molecule has 0 bridgehead atoms. The fourth-order valence-corrected chi connectivity index (χ4v) is 2.96. The van der Waals surface area contributed by atoms with E-state index in [1.807, 2.05) is 0 Å². The van der Waals surface area contributed by atoms with Gasteiger partial charge in [0.05, 0.1) is 19.6 Å². The number of anilines is 1. The van der Waals surface area contributed by atoms with E-state index in [1.165, 1.54) is 0 Å². The molecule has 0 fully saturated rings. The van der Waals surface area contributed by atoms with Crippen LogP contribution in [0.25, 0.3) is 0 Å². The van der Waals surface area contributed by atoms with Crippen LogP contribution in [0, 0.1) is 15.9 Å². The van der Waals surface area contributed by atoms with Crippen LogP contribution in [-0.2, 0) is 6.54 Å². The van der Waals surface area contributed by atoms with Crippen LogP contribution in [0.5, 0.6) is 5.75 Å². The number of halogens is 3. The first-order valence-electron chi connectivity index (χ1n) is 5.73. The minimum Gasteiger partial charge on any atom is -0.506 e. The number of nitro groups is 1.